The summed E-state index contributed by atoms with van der Waals surface area (Å²) < 4.78 is 11.0. The first-order chi connectivity index (χ1) is 20.1. The summed E-state index contributed by atoms with van der Waals surface area (Å²) in [4.78, 5) is 64.6. The molecule has 1 heterocycles. The Balaban J connectivity index is 1.51. The number of rotatable bonds is 8. The van der Waals surface area contributed by atoms with E-state index in [4.69, 9.17) is 32.7 Å². The van der Waals surface area contributed by atoms with Gasteiger partial charge in [-0.3, -0.25) is 24.5 Å². The van der Waals surface area contributed by atoms with Crippen molar-refractivity contribution in [3.05, 3.63) is 133 Å². The quantitative estimate of drug-likeness (QED) is 0.0732. The van der Waals surface area contributed by atoms with Crippen LogP contribution in [-0.4, -0.2) is 35.6 Å². The molecule has 10 nitrogen and oxygen atoms in total. The lowest BCUT2D eigenvalue weighted by atomic mass is 9.99. The van der Waals surface area contributed by atoms with Crippen LogP contribution in [0.1, 0.15) is 53.1 Å². The number of amides is 2. The Morgan fingerprint density at radius 3 is 2.24 bits per heavy atom. The van der Waals surface area contributed by atoms with Gasteiger partial charge in [0.15, 0.2) is 6.10 Å². The van der Waals surface area contributed by atoms with E-state index in [1.807, 2.05) is 0 Å². The molecule has 5 rings (SSSR count). The predicted molar refractivity (Wildman–Crippen MR) is 153 cm³/mol. The van der Waals surface area contributed by atoms with E-state index in [2.05, 4.69) is 0 Å². The van der Waals surface area contributed by atoms with Gasteiger partial charge in [-0.2, -0.15) is 0 Å². The first kappa shape index (κ1) is 28.5. The average Bonchev–Trinajstić information content (AvgIpc) is 3.25. The molecule has 4 aromatic carbocycles. The smallest absolute Gasteiger partial charge is 0.343 e. The normalized spacial score (nSPS) is 13.0. The van der Waals surface area contributed by atoms with Gasteiger partial charge in [-0.1, -0.05) is 71.7 Å². The number of anilines is 1. The Hall–Kier alpha value is -5.06. The second-order valence-corrected chi connectivity index (χ2v) is 9.82. The van der Waals surface area contributed by atoms with Crippen molar-refractivity contribution >= 4 is 58.1 Å². The van der Waals surface area contributed by atoms with Gasteiger partial charge in [0.05, 0.1) is 28.3 Å². The highest BCUT2D eigenvalue weighted by Gasteiger charge is 2.43. The van der Waals surface area contributed by atoms with E-state index >= 15 is 0 Å². The Labute approximate surface area is 248 Å². The number of nitrogens with zero attached hydrogens (tertiary/aromatic N) is 2. The molecule has 0 saturated carbocycles. The number of carbonyl (C=O) groups excluding carboxylic acids is 4. The molecule has 1 aliphatic rings. The number of Topliss-reactive ketones (excluding diaryl/α,β-unsaturated/α-hetero) is 1. The van der Waals surface area contributed by atoms with Crippen LogP contribution in [-0.2, 0) is 4.74 Å². The highest BCUT2D eigenvalue weighted by atomic mass is 35.5. The van der Waals surface area contributed by atoms with Gasteiger partial charge in [0.1, 0.15) is 16.9 Å². The van der Waals surface area contributed by atoms with Gasteiger partial charge in [-0.15, -0.1) is 0 Å². The topological polar surface area (TPSA) is 133 Å². The minimum Gasteiger partial charge on any atom is -0.496 e. The molecule has 0 radical (unpaired) electrons. The number of hydrogen-bond donors (Lipinski definition) is 0. The van der Waals surface area contributed by atoms with Crippen molar-refractivity contribution in [2.24, 2.45) is 0 Å². The lowest BCUT2D eigenvalue weighted by Crippen LogP contribution is -2.30. The van der Waals surface area contributed by atoms with E-state index in [0.29, 0.717) is 21.0 Å². The lowest BCUT2D eigenvalue weighted by Gasteiger charge is -2.20. The predicted octanol–water partition coefficient (Wildman–Crippen LogP) is 6.49. The maximum Gasteiger partial charge on any atom is 0.343 e. The van der Waals surface area contributed by atoms with Gasteiger partial charge >= 0.3 is 5.97 Å². The average molecular weight is 605 g/mol. The summed E-state index contributed by atoms with van der Waals surface area (Å²) in [7, 11) is 1.24. The first-order valence-corrected chi connectivity index (χ1v) is 13.0. The van der Waals surface area contributed by atoms with Crippen LogP contribution in [0.2, 0.25) is 10.0 Å². The van der Waals surface area contributed by atoms with E-state index in [1.54, 1.807) is 54.6 Å². The van der Waals surface area contributed by atoms with Crippen molar-refractivity contribution in [1.29, 1.82) is 0 Å². The fourth-order valence-corrected chi connectivity index (χ4v) is 4.89. The van der Waals surface area contributed by atoms with E-state index in [9.17, 15) is 29.3 Å². The Bertz CT molecular complexity index is 1770. The molecule has 0 unspecified atom stereocenters. The highest BCUT2D eigenvalue weighted by Crippen LogP contribution is 2.40. The monoisotopic (exact) mass is 604 g/mol. The van der Waals surface area contributed by atoms with Crippen LogP contribution in [0, 0.1) is 10.1 Å². The second kappa shape index (κ2) is 11.4. The molecule has 210 valence electrons. The van der Waals surface area contributed by atoms with Crippen LogP contribution < -0.4 is 9.64 Å². The third-order valence-electron chi connectivity index (χ3n) is 6.51. The molecule has 0 bridgehead atoms. The number of methoxy groups -OCH3 is 1. The molecule has 12 heteroatoms. The zero-order valence-electron chi connectivity index (χ0n) is 21.6. The number of ketones is 1. The second-order valence-electron chi connectivity index (χ2n) is 8.97. The Morgan fingerprint density at radius 1 is 0.905 bits per heavy atom. The van der Waals surface area contributed by atoms with Crippen molar-refractivity contribution in [1.82, 2.24) is 0 Å². The Morgan fingerprint density at radius 2 is 1.60 bits per heavy atom. The van der Waals surface area contributed by atoms with E-state index in [-0.39, 0.29) is 33.1 Å². The summed E-state index contributed by atoms with van der Waals surface area (Å²) in [6.07, 6.45) is -1.36. The van der Waals surface area contributed by atoms with Gasteiger partial charge in [-0.05, 0) is 24.3 Å². The number of hydrogen-bond acceptors (Lipinski definition) is 8. The summed E-state index contributed by atoms with van der Waals surface area (Å²) in [5.41, 5.74) is -0.794. The summed E-state index contributed by atoms with van der Waals surface area (Å²) in [5, 5.41) is 11.7. The number of esters is 1. The van der Waals surface area contributed by atoms with Gasteiger partial charge < -0.3 is 9.47 Å². The number of nitro groups is 1. The molecule has 2 amide bonds. The minimum atomic E-state index is -1.36. The fourth-order valence-electron chi connectivity index (χ4n) is 4.52. The molecule has 0 aromatic heterocycles. The van der Waals surface area contributed by atoms with E-state index < -0.39 is 40.3 Å². The highest BCUT2D eigenvalue weighted by molar-refractivity contribution is 6.40. The third kappa shape index (κ3) is 5.09. The molecule has 0 spiro atoms. The SMILES string of the molecule is COc1cc(N2C(=O)c3cccc([N+](=O)[O-])c3C2=O)c(Cl)cc1C(=O)O[C@H](C(=O)c1ccccc1)c1ccc(Cl)cc1. The van der Waals surface area contributed by atoms with Crippen LogP contribution in [0.25, 0.3) is 0 Å². The molecule has 42 heavy (non-hydrogen) atoms. The number of imide groups is 1. The summed E-state index contributed by atoms with van der Waals surface area (Å²) in [5.74, 6) is -3.41. The first-order valence-electron chi connectivity index (χ1n) is 12.2. The zero-order chi connectivity index (χ0) is 30.1. The van der Waals surface area contributed by atoms with Crippen LogP contribution in [0.3, 0.4) is 0 Å². The van der Waals surface area contributed by atoms with Crippen molar-refractivity contribution in [3.8, 4) is 5.75 Å². The molecule has 1 atom stereocenters. The van der Waals surface area contributed by atoms with Crippen LogP contribution in [0.15, 0.2) is 84.9 Å². The number of carbonyl (C=O) groups is 4. The molecule has 0 N–H and O–H groups in total. The summed E-state index contributed by atoms with van der Waals surface area (Å²) in [6.45, 7) is 0. The number of halogens is 2. The van der Waals surface area contributed by atoms with E-state index in [0.717, 1.165) is 12.1 Å². The number of benzene rings is 4. The summed E-state index contributed by atoms with van der Waals surface area (Å²) in [6, 6.07) is 20.4. The van der Waals surface area contributed by atoms with Crippen molar-refractivity contribution in [2.75, 3.05) is 12.0 Å². The molecule has 0 saturated heterocycles. The van der Waals surface area contributed by atoms with Crippen LogP contribution in [0.5, 0.6) is 5.75 Å². The standard InChI is InChI=1S/C30H18Cl2N2O8/c1-41-24-15-23(33-28(36)19-8-5-9-22(34(39)40)25(19)29(33)37)21(32)14-20(24)30(38)42-27(17-10-12-18(31)13-11-17)26(35)16-6-3-2-4-7-16/h2-15,27H,1H3/t27-/m0/s1. The van der Waals surface area contributed by atoms with Crippen LogP contribution >= 0.6 is 23.2 Å². The van der Waals surface area contributed by atoms with Crippen molar-refractivity contribution in [2.45, 2.75) is 6.10 Å². The molecule has 4 aromatic rings. The third-order valence-corrected chi connectivity index (χ3v) is 7.07. The maximum absolute atomic E-state index is 13.5. The molecular weight excluding hydrogens is 587 g/mol. The molecule has 0 fully saturated rings. The van der Waals surface area contributed by atoms with Gasteiger partial charge in [0.2, 0.25) is 5.78 Å². The van der Waals surface area contributed by atoms with Gasteiger partial charge in [0.25, 0.3) is 17.5 Å². The van der Waals surface area contributed by atoms with Gasteiger partial charge in [-0.25, -0.2) is 9.69 Å². The molecule has 0 aliphatic carbocycles. The van der Waals surface area contributed by atoms with E-state index in [1.165, 1.54) is 25.3 Å². The Kier molecular flexibility index (Phi) is 7.75. The number of fused-ring (bicyclic) bond motifs is 1. The number of ether oxygens (including phenoxy) is 2. The largest absolute Gasteiger partial charge is 0.496 e. The van der Waals surface area contributed by atoms with Crippen LogP contribution in [0.4, 0.5) is 11.4 Å². The minimum absolute atomic E-state index is 0.132. The van der Waals surface area contributed by atoms with Crippen molar-refractivity contribution in [3.63, 3.8) is 0 Å². The fraction of sp³-hybridized carbons (Fsp3) is 0.0667. The zero-order valence-corrected chi connectivity index (χ0v) is 23.1. The summed E-state index contributed by atoms with van der Waals surface area (Å²) >= 11 is 12.5. The molecular formula is C30H18Cl2N2O8. The van der Waals surface area contributed by atoms with Crippen molar-refractivity contribution < 1.29 is 33.6 Å². The van der Waals surface area contributed by atoms with Gasteiger partial charge in [0, 0.05) is 28.3 Å². The maximum atomic E-state index is 13.5. The molecule has 1 aliphatic heterocycles. The lowest BCUT2D eigenvalue weighted by molar-refractivity contribution is -0.385. The number of nitro benzene ring substituents is 1.